The van der Waals surface area contributed by atoms with Crippen LogP contribution in [0.25, 0.3) is 0 Å². The first-order chi connectivity index (χ1) is 6.06. The number of methoxy groups -OCH3 is 1. The van der Waals surface area contributed by atoms with Gasteiger partial charge in [-0.15, -0.1) is 0 Å². The molecule has 0 fully saturated rings. The number of hydrogen-bond acceptors (Lipinski definition) is 2. The van der Waals surface area contributed by atoms with Gasteiger partial charge in [0.25, 0.3) is 0 Å². The molecule has 0 spiro atoms. The minimum atomic E-state index is -0.908. The number of ether oxygens (including phenoxy) is 1. The van der Waals surface area contributed by atoms with Crippen molar-refractivity contribution in [1.82, 2.24) is 0 Å². The van der Waals surface area contributed by atoms with Crippen molar-refractivity contribution >= 4 is 5.97 Å². The van der Waals surface area contributed by atoms with Crippen molar-refractivity contribution in [3.8, 4) is 5.75 Å². The van der Waals surface area contributed by atoms with E-state index in [1.807, 2.05) is 13.8 Å². The molecule has 3 nitrogen and oxygen atoms in total. The second kappa shape index (κ2) is 3.47. The molecular formula is C10H12O3. The molecule has 0 radical (unpaired) electrons. The van der Waals surface area contributed by atoms with Gasteiger partial charge < -0.3 is 9.84 Å². The standard InChI is InChI=1S/C10H12O3/c1-6-4-8(10(11)12)5-7(2)9(6)13-3/h4-5H,1-3H3,(H,11,12). The van der Waals surface area contributed by atoms with E-state index in [0.29, 0.717) is 5.56 Å². The summed E-state index contributed by atoms with van der Waals surface area (Å²) in [5.74, 6) is -0.154. The molecule has 0 saturated carbocycles. The molecular weight excluding hydrogens is 168 g/mol. The molecule has 13 heavy (non-hydrogen) atoms. The highest BCUT2D eigenvalue weighted by molar-refractivity contribution is 5.88. The highest BCUT2D eigenvalue weighted by atomic mass is 16.5. The van der Waals surface area contributed by atoms with E-state index in [-0.39, 0.29) is 0 Å². The molecule has 0 bridgehead atoms. The zero-order valence-corrected chi connectivity index (χ0v) is 7.92. The summed E-state index contributed by atoms with van der Waals surface area (Å²) >= 11 is 0. The molecule has 0 aliphatic rings. The van der Waals surface area contributed by atoms with Gasteiger partial charge in [-0.2, -0.15) is 0 Å². The molecule has 1 aromatic carbocycles. The van der Waals surface area contributed by atoms with Crippen LogP contribution in [0, 0.1) is 13.8 Å². The van der Waals surface area contributed by atoms with Crippen LogP contribution in [0.15, 0.2) is 12.1 Å². The number of carboxylic acids is 1. The van der Waals surface area contributed by atoms with Crippen LogP contribution in [-0.2, 0) is 0 Å². The van der Waals surface area contributed by atoms with Crippen LogP contribution in [0.4, 0.5) is 0 Å². The van der Waals surface area contributed by atoms with Crippen LogP contribution in [0.2, 0.25) is 0 Å². The van der Waals surface area contributed by atoms with Crippen molar-refractivity contribution in [3.05, 3.63) is 28.8 Å². The zero-order chi connectivity index (χ0) is 10.0. The minimum Gasteiger partial charge on any atom is -0.496 e. The monoisotopic (exact) mass is 180 g/mol. The van der Waals surface area contributed by atoms with E-state index in [2.05, 4.69) is 0 Å². The van der Waals surface area contributed by atoms with E-state index in [0.717, 1.165) is 16.9 Å². The summed E-state index contributed by atoms with van der Waals surface area (Å²) in [5.41, 5.74) is 2.00. The van der Waals surface area contributed by atoms with Crippen LogP contribution in [0.1, 0.15) is 21.5 Å². The second-order valence-electron chi connectivity index (χ2n) is 2.95. The topological polar surface area (TPSA) is 46.5 Å². The molecule has 0 unspecified atom stereocenters. The van der Waals surface area contributed by atoms with Crippen LogP contribution in [-0.4, -0.2) is 18.2 Å². The molecule has 0 amide bonds. The molecule has 0 aromatic heterocycles. The summed E-state index contributed by atoms with van der Waals surface area (Å²) in [6.07, 6.45) is 0. The van der Waals surface area contributed by atoms with Gasteiger partial charge >= 0.3 is 5.97 Å². The number of aryl methyl sites for hydroxylation is 2. The van der Waals surface area contributed by atoms with Crippen molar-refractivity contribution < 1.29 is 14.6 Å². The van der Waals surface area contributed by atoms with Gasteiger partial charge in [0.15, 0.2) is 0 Å². The Morgan fingerprint density at radius 3 is 2.08 bits per heavy atom. The van der Waals surface area contributed by atoms with E-state index in [4.69, 9.17) is 9.84 Å². The van der Waals surface area contributed by atoms with Crippen molar-refractivity contribution in [2.45, 2.75) is 13.8 Å². The molecule has 0 saturated heterocycles. The fourth-order valence-corrected chi connectivity index (χ4v) is 1.40. The minimum absolute atomic E-state index is 0.302. The Kier molecular flexibility index (Phi) is 2.56. The van der Waals surface area contributed by atoms with Crippen LogP contribution in [0.3, 0.4) is 0 Å². The number of hydrogen-bond donors (Lipinski definition) is 1. The maximum absolute atomic E-state index is 10.7. The third-order valence-electron chi connectivity index (χ3n) is 1.91. The molecule has 0 atom stereocenters. The molecule has 0 aliphatic carbocycles. The van der Waals surface area contributed by atoms with E-state index >= 15 is 0 Å². The lowest BCUT2D eigenvalue weighted by molar-refractivity contribution is 0.0696. The summed E-state index contributed by atoms with van der Waals surface area (Å²) in [6, 6.07) is 3.21. The highest BCUT2D eigenvalue weighted by Gasteiger charge is 2.08. The predicted molar refractivity (Wildman–Crippen MR) is 49.4 cm³/mol. The van der Waals surface area contributed by atoms with Gasteiger partial charge in [-0.1, -0.05) is 0 Å². The van der Waals surface area contributed by atoms with Gasteiger partial charge in [0.2, 0.25) is 0 Å². The van der Waals surface area contributed by atoms with Crippen LogP contribution >= 0.6 is 0 Å². The first-order valence-corrected chi connectivity index (χ1v) is 3.94. The number of rotatable bonds is 2. The lowest BCUT2D eigenvalue weighted by atomic mass is 10.1. The third kappa shape index (κ3) is 1.80. The first kappa shape index (κ1) is 9.58. The normalized spacial score (nSPS) is 9.77. The Balaban J connectivity index is 3.28. The molecule has 70 valence electrons. The predicted octanol–water partition coefficient (Wildman–Crippen LogP) is 2.01. The Labute approximate surface area is 77.0 Å². The van der Waals surface area contributed by atoms with E-state index in [1.54, 1.807) is 19.2 Å². The fourth-order valence-electron chi connectivity index (χ4n) is 1.40. The largest absolute Gasteiger partial charge is 0.496 e. The molecule has 0 aliphatic heterocycles. The molecule has 1 rings (SSSR count). The van der Waals surface area contributed by atoms with Crippen molar-refractivity contribution in [1.29, 1.82) is 0 Å². The van der Waals surface area contributed by atoms with Gasteiger partial charge in [0.05, 0.1) is 12.7 Å². The molecule has 0 heterocycles. The van der Waals surface area contributed by atoms with E-state index < -0.39 is 5.97 Å². The summed E-state index contributed by atoms with van der Waals surface area (Å²) < 4.78 is 5.12. The maximum atomic E-state index is 10.7. The van der Waals surface area contributed by atoms with E-state index in [1.165, 1.54) is 0 Å². The summed E-state index contributed by atoms with van der Waals surface area (Å²) in [7, 11) is 1.58. The Bertz CT molecular complexity index is 319. The zero-order valence-electron chi connectivity index (χ0n) is 7.92. The summed E-state index contributed by atoms with van der Waals surface area (Å²) in [5, 5.41) is 8.76. The number of carbonyl (C=O) groups is 1. The lowest BCUT2D eigenvalue weighted by Crippen LogP contribution is -1.99. The second-order valence-corrected chi connectivity index (χ2v) is 2.95. The maximum Gasteiger partial charge on any atom is 0.335 e. The molecule has 1 aromatic rings. The number of carboxylic acid groups (broad SMARTS) is 1. The number of benzene rings is 1. The Morgan fingerprint density at radius 1 is 1.31 bits per heavy atom. The fraction of sp³-hybridized carbons (Fsp3) is 0.300. The molecule has 1 N–H and O–H groups in total. The van der Waals surface area contributed by atoms with Crippen LogP contribution < -0.4 is 4.74 Å². The summed E-state index contributed by atoms with van der Waals surface area (Å²) in [4.78, 5) is 10.7. The highest BCUT2D eigenvalue weighted by Crippen LogP contribution is 2.23. The smallest absolute Gasteiger partial charge is 0.335 e. The number of aromatic carboxylic acids is 1. The Morgan fingerprint density at radius 2 is 1.77 bits per heavy atom. The van der Waals surface area contributed by atoms with E-state index in [9.17, 15) is 4.79 Å². The van der Waals surface area contributed by atoms with Gasteiger partial charge in [-0.25, -0.2) is 4.79 Å². The van der Waals surface area contributed by atoms with Crippen LogP contribution in [0.5, 0.6) is 5.75 Å². The molecule has 3 heteroatoms. The SMILES string of the molecule is COc1c(C)cc(C(=O)O)cc1C. The van der Waals surface area contributed by atoms with Crippen molar-refractivity contribution in [2.75, 3.05) is 7.11 Å². The van der Waals surface area contributed by atoms with Crippen molar-refractivity contribution in [2.24, 2.45) is 0 Å². The summed E-state index contributed by atoms with van der Waals surface area (Å²) in [6.45, 7) is 3.66. The average molecular weight is 180 g/mol. The Hall–Kier alpha value is -1.51. The third-order valence-corrected chi connectivity index (χ3v) is 1.91. The quantitative estimate of drug-likeness (QED) is 0.757. The van der Waals surface area contributed by atoms with Crippen molar-refractivity contribution in [3.63, 3.8) is 0 Å². The average Bonchev–Trinajstić information content (AvgIpc) is 2.03. The first-order valence-electron chi connectivity index (χ1n) is 3.94. The van der Waals surface area contributed by atoms with Gasteiger partial charge in [-0.05, 0) is 37.1 Å². The van der Waals surface area contributed by atoms with Gasteiger partial charge in [-0.3, -0.25) is 0 Å². The van der Waals surface area contributed by atoms with Gasteiger partial charge in [0, 0.05) is 0 Å². The van der Waals surface area contributed by atoms with Gasteiger partial charge in [0.1, 0.15) is 5.75 Å². The lowest BCUT2D eigenvalue weighted by Gasteiger charge is -2.08.